The van der Waals surface area contributed by atoms with Crippen LogP contribution in [0.2, 0.25) is 0 Å². The van der Waals surface area contributed by atoms with Gasteiger partial charge in [-0.3, -0.25) is 19.5 Å². The third-order valence-electron chi connectivity index (χ3n) is 5.37. The number of aromatic nitrogens is 1. The third-order valence-corrected chi connectivity index (χ3v) is 5.37. The second-order valence-electron chi connectivity index (χ2n) is 7.50. The van der Waals surface area contributed by atoms with Crippen LogP contribution in [0.25, 0.3) is 0 Å². The number of carbonyl (C=O) groups excluding carboxylic acids is 2. The van der Waals surface area contributed by atoms with Gasteiger partial charge in [-0.15, -0.1) is 0 Å². The summed E-state index contributed by atoms with van der Waals surface area (Å²) in [6.45, 7) is 0.725. The van der Waals surface area contributed by atoms with E-state index in [0.717, 1.165) is 18.4 Å². The Morgan fingerprint density at radius 3 is 2.73 bits per heavy atom. The number of halogens is 2. The Balaban J connectivity index is 1.35. The average Bonchev–Trinajstić information content (AvgIpc) is 3.37. The highest BCUT2D eigenvalue weighted by Gasteiger charge is 2.53. The van der Waals surface area contributed by atoms with E-state index in [4.69, 9.17) is 0 Å². The third kappa shape index (κ3) is 3.56. The Labute approximate surface area is 150 Å². The van der Waals surface area contributed by atoms with Gasteiger partial charge in [0.1, 0.15) is 0 Å². The molecular weight excluding hydrogens is 342 g/mol. The second-order valence-corrected chi connectivity index (χ2v) is 7.50. The van der Waals surface area contributed by atoms with Crippen molar-refractivity contribution >= 4 is 11.8 Å². The number of alkyl halides is 2. The average molecular weight is 364 g/mol. The molecule has 0 aromatic carbocycles. The molecule has 1 N–H and O–H groups in total. The fraction of sp³-hybridized carbons (Fsp3) is 0.611. The predicted molar refractivity (Wildman–Crippen MR) is 89.2 cm³/mol. The maximum atomic E-state index is 14.0. The Morgan fingerprint density at radius 1 is 1.31 bits per heavy atom. The SMILES string of the molecule is O=C(NCc1cccnc1)[C@@H]1CC(F)(F)CN1C1CN(C(=O)C2CC2)C1. The first kappa shape index (κ1) is 17.3. The summed E-state index contributed by atoms with van der Waals surface area (Å²) in [6, 6.07) is 2.56. The van der Waals surface area contributed by atoms with Gasteiger partial charge >= 0.3 is 0 Å². The smallest absolute Gasteiger partial charge is 0.262 e. The molecule has 4 rings (SSSR count). The molecule has 0 spiro atoms. The molecule has 0 unspecified atom stereocenters. The van der Waals surface area contributed by atoms with Crippen molar-refractivity contribution in [3.8, 4) is 0 Å². The largest absolute Gasteiger partial charge is 0.351 e. The van der Waals surface area contributed by atoms with Crippen LogP contribution in [0.1, 0.15) is 24.8 Å². The Hall–Kier alpha value is -2.09. The number of nitrogens with one attached hydrogen (secondary N) is 1. The van der Waals surface area contributed by atoms with Crippen molar-refractivity contribution in [2.24, 2.45) is 5.92 Å². The van der Waals surface area contributed by atoms with Gasteiger partial charge in [0.2, 0.25) is 11.8 Å². The van der Waals surface area contributed by atoms with E-state index >= 15 is 0 Å². The van der Waals surface area contributed by atoms with Crippen molar-refractivity contribution in [2.45, 2.75) is 43.8 Å². The summed E-state index contributed by atoms with van der Waals surface area (Å²) >= 11 is 0. The molecule has 2 aliphatic heterocycles. The van der Waals surface area contributed by atoms with Crippen molar-refractivity contribution in [3.63, 3.8) is 0 Å². The Kier molecular flexibility index (Phi) is 4.38. The molecule has 3 aliphatic rings. The van der Waals surface area contributed by atoms with Gasteiger partial charge in [-0.2, -0.15) is 0 Å². The zero-order chi connectivity index (χ0) is 18.3. The highest BCUT2D eigenvalue weighted by atomic mass is 19.3. The summed E-state index contributed by atoms with van der Waals surface area (Å²) < 4.78 is 27.9. The van der Waals surface area contributed by atoms with E-state index in [1.807, 2.05) is 6.07 Å². The summed E-state index contributed by atoms with van der Waals surface area (Å²) in [5.74, 6) is -3.01. The monoisotopic (exact) mass is 364 g/mol. The molecule has 1 aromatic rings. The first-order chi connectivity index (χ1) is 12.4. The maximum Gasteiger partial charge on any atom is 0.262 e. The van der Waals surface area contributed by atoms with Crippen LogP contribution in [0.15, 0.2) is 24.5 Å². The molecular formula is C18H22F2N4O2. The molecule has 3 heterocycles. The Morgan fingerprint density at radius 2 is 2.08 bits per heavy atom. The van der Waals surface area contributed by atoms with Gasteiger partial charge in [-0.25, -0.2) is 8.78 Å². The highest BCUT2D eigenvalue weighted by molar-refractivity contribution is 5.83. The molecule has 3 fully saturated rings. The minimum absolute atomic E-state index is 0.129. The van der Waals surface area contributed by atoms with E-state index in [2.05, 4.69) is 10.3 Å². The number of pyridine rings is 1. The van der Waals surface area contributed by atoms with Gasteiger partial charge in [-0.05, 0) is 24.5 Å². The lowest BCUT2D eigenvalue weighted by atomic mass is 10.0. The number of rotatable bonds is 5. The highest BCUT2D eigenvalue weighted by Crippen LogP contribution is 2.37. The fourth-order valence-electron chi connectivity index (χ4n) is 3.71. The minimum atomic E-state index is -2.88. The number of hydrogen-bond donors (Lipinski definition) is 1. The molecule has 0 radical (unpaired) electrons. The van der Waals surface area contributed by atoms with Crippen molar-refractivity contribution < 1.29 is 18.4 Å². The van der Waals surface area contributed by atoms with Crippen molar-refractivity contribution in [3.05, 3.63) is 30.1 Å². The molecule has 8 heteroatoms. The first-order valence-electron chi connectivity index (χ1n) is 9.02. The van der Waals surface area contributed by atoms with Crippen molar-refractivity contribution in [1.82, 2.24) is 20.1 Å². The van der Waals surface area contributed by atoms with Gasteiger partial charge < -0.3 is 10.2 Å². The van der Waals surface area contributed by atoms with Crippen LogP contribution < -0.4 is 5.32 Å². The Bertz CT molecular complexity index is 690. The van der Waals surface area contributed by atoms with Gasteiger partial charge in [-0.1, -0.05) is 6.07 Å². The molecule has 2 saturated heterocycles. The summed E-state index contributed by atoms with van der Waals surface area (Å²) in [6.07, 6.45) is 4.66. The van der Waals surface area contributed by atoms with E-state index in [-0.39, 0.29) is 24.4 Å². The van der Waals surface area contributed by atoms with Gasteiger partial charge in [0.15, 0.2) is 0 Å². The number of hydrogen-bond acceptors (Lipinski definition) is 4. The molecule has 0 bridgehead atoms. The van der Waals surface area contributed by atoms with Crippen LogP contribution in [-0.4, -0.2) is 64.2 Å². The maximum absolute atomic E-state index is 14.0. The molecule has 1 atom stereocenters. The van der Waals surface area contributed by atoms with Crippen LogP contribution in [-0.2, 0) is 16.1 Å². The minimum Gasteiger partial charge on any atom is -0.351 e. The molecule has 140 valence electrons. The predicted octanol–water partition coefficient (Wildman–Crippen LogP) is 1.03. The van der Waals surface area contributed by atoms with Gasteiger partial charge in [0.25, 0.3) is 5.92 Å². The van der Waals surface area contributed by atoms with E-state index in [1.54, 1.807) is 28.3 Å². The summed E-state index contributed by atoms with van der Waals surface area (Å²) in [7, 11) is 0. The van der Waals surface area contributed by atoms with E-state index in [1.165, 1.54) is 0 Å². The van der Waals surface area contributed by atoms with E-state index in [9.17, 15) is 18.4 Å². The molecule has 2 amide bonds. The fourth-order valence-corrected chi connectivity index (χ4v) is 3.71. The van der Waals surface area contributed by atoms with Gasteiger partial charge in [0.05, 0.1) is 12.6 Å². The first-order valence-corrected chi connectivity index (χ1v) is 9.02. The second kappa shape index (κ2) is 6.57. The van der Waals surface area contributed by atoms with Crippen LogP contribution >= 0.6 is 0 Å². The zero-order valence-electron chi connectivity index (χ0n) is 14.4. The molecule has 1 aromatic heterocycles. The molecule has 6 nitrogen and oxygen atoms in total. The normalized spacial score (nSPS) is 25.8. The van der Waals surface area contributed by atoms with Crippen LogP contribution in [0.4, 0.5) is 8.78 Å². The van der Waals surface area contributed by atoms with E-state index < -0.39 is 30.8 Å². The van der Waals surface area contributed by atoms with Crippen molar-refractivity contribution in [2.75, 3.05) is 19.6 Å². The van der Waals surface area contributed by atoms with Crippen LogP contribution in [0.5, 0.6) is 0 Å². The number of likely N-dealkylation sites (tertiary alicyclic amines) is 2. The lowest BCUT2D eigenvalue weighted by Gasteiger charge is -2.45. The molecule has 26 heavy (non-hydrogen) atoms. The number of nitrogens with zero attached hydrogens (tertiary/aromatic N) is 3. The number of carbonyl (C=O) groups is 2. The standard InChI is InChI=1S/C18H22F2N4O2/c19-18(20)6-15(16(25)22-8-12-2-1-5-21-7-12)24(11-18)14-9-23(10-14)17(26)13-3-4-13/h1-2,5,7,13-15H,3-4,6,8-11H2,(H,22,25)/t15-/m0/s1. The lowest BCUT2D eigenvalue weighted by Crippen LogP contribution is -2.64. The molecule has 1 aliphatic carbocycles. The van der Waals surface area contributed by atoms with Crippen molar-refractivity contribution in [1.29, 1.82) is 0 Å². The summed E-state index contributed by atoms with van der Waals surface area (Å²) in [5, 5.41) is 2.74. The topological polar surface area (TPSA) is 65.5 Å². The summed E-state index contributed by atoms with van der Waals surface area (Å²) in [5.41, 5.74) is 0.821. The summed E-state index contributed by atoms with van der Waals surface area (Å²) in [4.78, 5) is 31.8. The van der Waals surface area contributed by atoms with Crippen LogP contribution in [0, 0.1) is 5.92 Å². The quantitative estimate of drug-likeness (QED) is 0.848. The molecule has 1 saturated carbocycles. The zero-order valence-corrected chi connectivity index (χ0v) is 14.4. The lowest BCUT2D eigenvalue weighted by molar-refractivity contribution is -0.141. The van der Waals surface area contributed by atoms with Crippen LogP contribution in [0.3, 0.4) is 0 Å². The van der Waals surface area contributed by atoms with E-state index in [0.29, 0.717) is 13.1 Å². The van der Waals surface area contributed by atoms with Gasteiger partial charge in [0, 0.05) is 50.4 Å². The number of amides is 2.